The standard InChI is InChI=1S/C14H17N5O2/c15-13-16-7-8-6-9-11(20)18-12(21)14(4-2-1-3-5-14)19(9)10(8)17-13/h6-7,11,20H,1-5H2,(H,18,21)(H2,15,16,17). The molecule has 1 aliphatic heterocycles. The second kappa shape index (κ2) is 4.17. The minimum atomic E-state index is -1.01. The van der Waals surface area contributed by atoms with Crippen LogP contribution in [0, 0.1) is 0 Å². The highest BCUT2D eigenvalue weighted by molar-refractivity contribution is 5.90. The fourth-order valence-corrected chi connectivity index (χ4v) is 3.69. The predicted molar refractivity (Wildman–Crippen MR) is 76.1 cm³/mol. The van der Waals surface area contributed by atoms with E-state index >= 15 is 0 Å². The smallest absolute Gasteiger partial charge is 0.248 e. The van der Waals surface area contributed by atoms with E-state index in [0.717, 1.165) is 37.5 Å². The van der Waals surface area contributed by atoms with E-state index in [-0.39, 0.29) is 11.9 Å². The molecule has 0 radical (unpaired) electrons. The van der Waals surface area contributed by atoms with Crippen LogP contribution >= 0.6 is 0 Å². The van der Waals surface area contributed by atoms with Crippen LogP contribution in [0.15, 0.2) is 12.3 Å². The Morgan fingerprint density at radius 2 is 2.14 bits per heavy atom. The van der Waals surface area contributed by atoms with Crippen LogP contribution in [-0.2, 0) is 10.3 Å². The largest absolute Gasteiger partial charge is 0.368 e. The molecule has 1 unspecified atom stereocenters. The summed E-state index contributed by atoms with van der Waals surface area (Å²) in [5.74, 6) is 0.0479. The molecule has 0 aromatic carbocycles. The van der Waals surface area contributed by atoms with Gasteiger partial charge in [-0.05, 0) is 18.9 Å². The van der Waals surface area contributed by atoms with E-state index in [2.05, 4.69) is 15.3 Å². The monoisotopic (exact) mass is 287 g/mol. The predicted octanol–water partition coefficient (Wildman–Crippen LogP) is 0.794. The molecule has 1 atom stereocenters. The van der Waals surface area contributed by atoms with Gasteiger partial charge in [-0.1, -0.05) is 19.3 Å². The van der Waals surface area contributed by atoms with E-state index < -0.39 is 11.8 Å². The van der Waals surface area contributed by atoms with Gasteiger partial charge in [-0.3, -0.25) is 4.79 Å². The molecular formula is C14H17N5O2. The molecule has 4 rings (SSSR count). The summed E-state index contributed by atoms with van der Waals surface area (Å²) in [6, 6.07) is 1.83. The summed E-state index contributed by atoms with van der Waals surface area (Å²) in [4.78, 5) is 20.9. The number of aromatic nitrogens is 3. The molecule has 1 aliphatic carbocycles. The molecule has 0 saturated heterocycles. The summed E-state index contributed by atoms with van der Waals surface area (Å²) in [5, 5.41) is 13.7. The van der Waals surface area contributed by atoms with E-state index in [1.807, 2.05) is 10.6 Å². The molecule has 1 saturated carbocycles. The lowest BCUT2D eigenvalue weighted by molar-refractivity contribution is -0.138. The maximum atomic E-state index is 12.6. The Morgan fingerprint density at radius 1 is 1.38 bits per heavy atom. The number of anilines is 1. The van der Waals surface area contributed by atoms with Gasteiger partial charge in [0.05, 0.1) is 5.69 Å². The molecule has 2 aromatic rings. The molecule has 21 heavy (non-hydrogen) atoms. The molecule has 1 spiro atoms. The lowest BCUT2D eigenvalue weighted by atomic mass is 9.79. The molecule has 1 fully saturated rings. The second-order valence-corrected chi connectivity index (χ2v) is 5.88. The van der Waals surface area contributed by atoms with Crippen LogP contribution in [0.1, 0.15) is 44.0 Å². The topological polar surface area (TPSA) is 106 Å². The van der Waals surface area contributed by atoms with Crippen LogP contribution < -0.4 is 11.1 Å². The van der Waals surface area contributed by atoms with Crippen LogP contribution in [0.4, 0.5) is 5.95 Å². The molecule has 7 heteroatoms. The number of nitrogens with zero attached hydrogens (tertiary/aromatic N) is 3. The highest BCUT2D eigenvalue weighted by Gasteiger charge is 2.48. The number of fused-ring (bicyclic) bond motifs is 4. The normalized spacial score (nSPS) is 24.0. The molecule has 1 amide bonds. The third-order valence-corrected chi connectivity index (χ3v) is 4.67. The average molecular weight is 287 g/mol. The van der Waals surface area contributed by atoms with Crippen LogP contribution in [0.2, 0.25) is 0 Å². The van der Waals surface area contributed by atoms with Crippen molar-refractivity contribution in [3.05, 3.63) is 18.0 Å². The van der Waals surface area contributed by atoms with Crippen molar-refractivity contribution in [2.75, 3.05) is 5.73 Å². The number of amides is 1. The number of nitrogen functional groups attached to an aromatic ring is 1. The van der Waals surface area contributed by atoms with E-state index in [1.54, 1.807) is 6.20 Å². The molecule has 4 N–H and O–H groups in total. The first-order valence-corrected chi connectivity index (χ1v) is 7.25. The first-order chi connectivity index (χ1) is 10.1. The van der Waals surface area contributed by atoms with Crippen molar-refractivity contribution in [1.29, 1.82) is 0 Å². The van der Waals surface area contributed by atoms with Crippen molar-refractivity contribution >= 4 is 22.9 Å². The summed E-state index contributed by atoms with van der Waals surface area (Å²) in [6.45, 7) is 0. The first-order valence-electron chi connectivity index (χ1n) is 7.25. The molecule has 2 aliphatic rings. The minimum absolute atomic E-state index is 0.128. The Kier molecular flexibility index (Phi) is 2.50. The zero-order chi connectivity index (χ0) is 14.6. The maximum Gasteiger partial charge on any atom is 0.248 e. The van der Waals surface area contributed by atoms with Crippen molar-refractivity contribution in [2.45, 2.75) is 43.9 Å². The Labute approximate surface area is 121 Å². The van der Waals surface area contributed by atoms with Crippen molar-refractivity contribution < 1.29 is 9.90 Å². The summed E-state index contributed by atoms with van der Waals surface area (Å²) < 4.78 is 1.89. The van der Waals surface area contributed by atoms with Crippen molar-refractivity contribution in [3.8, 4) is 0 Å². The number of hydrogen-bond donors (Lipinski definition) is 3. The quantitative estimate of drug-likeness (QED) is 0.664. The number of hydrogen-bond acceptors (Lipinski definition) is 5. The molecule has 3 heterocycles. The zero-order valence-corrected chi connectivity index (χ0v) is 11.5. The van der Waals surface area contributed by atoms with Crippen LogP contribution in [0.25, 0.3) is 11.0 Å². The SMILES string of the molecule is Nc1ncc2cc3n(c2n1)C1(CCCCC1)C(=O)NC3O. The van der Waals surface area contributed by atoms with Crippen molar-refractivity contribution in [2.24, 2.45) is 0 Å². The highest BCUT2D eigenvalue weighted by atomic mass is 16.3. The summed E-state index contributed by atoms with van der Waals surface area (Å²) in [7, 11) is 0. The van der Waals surface area contributed by atoms with Crippen LogP contribution in [0.5, 0.6) is 0 Å². The first kappa shape index (κ1) is 12.6. The van der Waals surface area contributed by atoms with Crippen molar-refractivity contribution in [1.82, 2.24) is 19.9 Å². The summed E-state index contributed by atoms with van der Waals surface area (Å²) in [5.41, 5.74) is 6.34. The average Bonchev–Trinajstić information content (AvgIpc) is 2.86. The van der Waals surface area contributed by atoms with Crippen LogP contribution in [0.3, 0.4) is 0 Å². The third-order valence-electron chi connectivity index (χ3n) is 4.67. The molecule has 2 aromatic heterocycles. The fourth-order valence-electron chi connectivity index (χ4n) is 3.69. The van der Waals surface area contributed by atoms with E-state index in [4.69, 9.17) is 5.73 Å². The van der Waals surface area contributed by atoms with Gasteiger partial charge in [0.25, 0.3) is 0 Å². The van der Waals surface area contributed by atoms with Gasteiger partial charge in [-0.2, -0.15) is 4.98 Å². The molecular weight excluding hydrogens is 270 g/mol. The summed E-state index contributed by atoms with van der Waals surface area (Å²) in [6.07, 6.45) is 5.24. The number of nitrogens with two attached hydrogens (primary N) is 1. The maximum absolute atomic E-state index is 12.6. The number of aliphatic hydroxyl groups is 1. The van der Waals surface area contributed by atoms with Gasteiger partial charge in [-0.25, -0.2) is 4.98 Å². The number of aliphatic hydroxyl groups excluding tert-OH is 1. The van der Waals surface area contributed by atoms with Crippen molar-refractivity contribution in [3.63, 3.8) is 0 Å². The lowest BCUT2D eigenvalue weighted by Gasteiger charge is -2.43. The minimum Gasteiger partial charge on any atom is -0.368 e. The van der Waals surface area contributed by atoms with Gasteiger partial charge < -0.3 is 20.7 Å². The Morgan fingerprint density at radius 3 is 2.90 bits per heavy atom. The van der Waals surface area contributed by atoms with Gasteiger partial charge in [0, 0.05) is 11.6 Å². The number of carbonyl (C=O) groups excluding carboxylic acids is 1. The molecule has 110 valence electrons. The van der Waals surface area contributed by atoms with Gasteiger partial charge in [0.15, 0.2) is 6.23 Å². The Bertz CT molecular complexity index is 732. The van der Waals surface area contributed by atoms with Gasteiger partial charge >= 0.3 is 0 Å². The Balaban J connectivity index is 2.04. The van der Waals surface area contributed by atoms with E-state index in [1.165, 1.54) is 0 Å². The number of rotatable bonds is 0. The summed E-state index contributed by atoms with van der Waals surface area (Å²) >= 11 is 0. The molecule has 0 bridgehead atoms. The highest BCUT2D eigenvalue weighted by Crippen LogP contribution is 2.42. The van der Waals surface area contributed by atoms with Gasteiger partial charge in [0.1, 0.15) is 11.2 Å². The number of carbonyl (C=O) groups is 1. The third kappa shape index (κ3) is 1.61. The van der Waals surface area contributed by atoms with Gasteiger partial charge in [0.2, 0.25) is 11.9 Å². The van der Waals surface area contributed by atoms with Gasteiger partial charge in [-0.15, -0.1) is 0 Å². The zero-order valence-electron chi connectivity index (χ0n) is 11.5. The van der Waals surface area contributed by atoms with Crippen LogP contribution in [-0.4, -0.2) is 25.5 Å². The lowest BCUT2D eigenvalue weighted by Crippen LogP contribution is -2.55. The Hall–Kier alpha value is -2.15. The fraction of sp³-hybridized carbons (Fsp3) is 0.500. The van der Waals surface area contributed by atoms with E-state index in [0.29, 0.717) is 11.3 Å². The number of nitrogens with one attached hydrogen (secondary N) is 1. The second-order valence-electron chi connectivity index (χ2n) is 5.88. The van der Waals surface area contributed by atoms with E-state index in [9.17, 15) is 9.90 Å². The molecule has 7 nitrogen and oxygen atoms in total.